The van der Waals surface area contributed by atoms with Gasteiger partial charge in [-0.05, 0) is 34.5 Å². The van der Waals surface area contributed by atoms with Gasteiger partial charge in [0.2, 0.25) is 0 Å². The number of ether oxygens (including phenoxy) is 1. The maximum absolute atomic E-state index is 13.0. The predicted molar refractivity (Wildman–Crippen MR) is 63.1 cm³/mol. The molecule has 0 amide bonds. The van der Waals surface area contributed by atoms with Crippen LogP contribution in [0.3, 0.4) is 0 Å². The molecular formula is C12H9BrFNO. The summed E-state index contributed by atoms with van der Waals surface area (Å²) >= 11 is 3.32. The SMILES string of the molecule is Cc1ccc(F)cc1Oc1ccncc1Br. The molecule has 1 aromatic heterocycles. The van der Waals surface area contributed by atoms with E-state index in [-0.39, 0.29) is 5.82 Å². The number of hydrogen-bond donors (Lipinski definition) is 0. The molecule has 0 bridgehead atoms. The van der Waals surface area contributed by atoms with Crippen molar-refractivity contribution in [2.45, 2.75) is 6.92 Å². The molecule has 0 aliphatic rings. The third kappa shape index (κ3) is 2.39. The summed E-state index contributed by atoms with van der Waals surface area (Å²) < 4.78 is 19.4. The first-order chi connectivity index (χ1) is 7.66. The highest BCUT2D eigenvalue weighted by Gasteiger charge is 2.05. The van der Waals surface area contributed by atoms with Crippen LogP contribution in [0.15, 0.2) is 41.1 Å². The molecule has 4 heteroatoms. The lowest BCUT2D eigenvalue weighted by molar-refractivity contribution is 0.469. The second-order valence-corrected chi connectivity index (χ2v) is 4.17. The molecule has 1 aromatic carbocycles. The highest BCUT2D eigenvalue weighted by atomic mass is 79.9. The Morgan fingerprint density at radius 3 is 2.81 bits per heavy atom. The van der Waals surface area contributed by atoms with Gasteiger partial charge in [-0.1, -0.05) is 6.07 Å². The molecule has 82 valence electrons. The van der Waals surface area contributed by atoms with E-state index >= 15 is 0 Å². The average molecular weight is 282 g/mol. The Hall–Kier alpha value is -1.42. The van der Waals surface area contributed by atoms with Gasteiger partial charge in [0.1, 0.15) is 17.3 Å². The Morgan fingerprint density at radius 2 is 2.06 bits per heavy atom. The average Bonchev–Trinajstić information content (AvgIpc) is 2.27. The van der Waals surface area contributed by atoms with E-state index in [1.807, 2.05) is 6.92 Å². The van der Waals surface area contributed by atoms with Crippen molar-refractivity contribution in [2.75, 3.05) is 0 Å². The summed E-state index contributed by atoms with van der Waals surface area (Å²) in [6.45, 7) is 1.86. The summed E-state index contributed by atoms with van der Waals surface area (Å²) in [5, 5.41) is 0. The van der Waals surface area contributed by atoms with Crippen molar-refractivity contribution in [3.63, 3.8) is 0 Å². The van der Waals surface area contributed by atoms with Crippen LogP contribution >= 0.6 is 15.9 Å². The van der Waals surface area contributed by atoms with Crippen molar-refractivity contribution < 1.29 is 9.13 Å². The standard InChI is InChI=1S/C12H9BrFNO/c1-8-2-3-9(14)6-12(8)16-11-4-5-15-7-10(11)13/h2-7H,1H3. The van der Waals surface area contributed by atoms with Gasteiger partial charge in [-0.2, -0.15) is 0 Å². The van der Waals surface area contributed by atoms with Crippen LogP contribution < -0.4 is 4.74 Å². The predicted octanol–water partition coefficient (Wildman–Crippen LogP) is 4.08. The second kappa shape index (κ2) is 4.61. The Bertz CT molecular complexity index is 516. The van der Waals surface area contributed by atoms with Gasteiger partial charge in [-0.15, -0.1) is 0 Å². The van der Waals surface area contributed by atoms with E-state index in [4.69, 9.17) is 4.74 Å². The van der Waals surface area contributed by atoms with Crippen LogP contribution in [0.2, 0.25) is 0 Å². The van der Waals surface area contributed by atoms with Crippen molar-refractivity contribution in [2.24, 2.45) is 0 Å². The van der Waals surface area contributed by atoms with E-state index in [2.05, 4.69) is 20.9 Å². The molecule has 1 heterocycles. The topological polar surface area (TPSA) is 22.1 Å². The molecule has 0 unspecified atom stereocenters. The summed E-state index contributed by atoms with van der Waals surface area (Å²) in [6, 6.07) is 6.17. The van der Waals surface area contributed by atoms with E-state index in [0.717, 1.165) is 10.0 Å². The Labute approximate surface area is 101 Å². The van der Waals surface area contributed by atoms with Gasteiger partial charge in [-0.3, -0.25) is 4.98 Å². The lowest BCUT2D eigenvalue weighted by atomic mass is 10.2. The molecule has 2 aromatic rings. The molecule has 2 rings (SSSR count). The van der Waals surface area contributed by atoms with Crippen LogP contribution in [0.4, 0.5) is 4.39 Å². The lowest BCUT2D eigenvalue weighted by Gasteiger charge is -2.09. The first-order valence-electron chi connectivity index (χ1n) is 4.70. The molecule has 0 aliphatic carbocycles. The van der Waals surface area contributed by atoms with Crippen LogP contribution in [0.1, 0.15) is 5.56 Å². The molecule has 0 radical (unpaired) electrons. The molecule has 0 aliphatic heterocycles. The minimum atomic E-state index is -0.314. The smallest absolute Gasteiger partial charge is 0.144 e. The van der Waals surface area contributed by atoms with Gasteiger partial charge in [-0.25, -0.2) is 4.39 Å². The molecule has 16 heavy (non-hydrogen) atoms. The summed E-state index contributed by atoms with van der Waals surface area (Å²) in [7, 11) is 0. The molecule has 0 saturated heterocycles. The summed E-state index contributed by atoms with van der Waals surface area (Å²) in [4.78, 5) is 3.93. The van der Waals surface area contributed by atoms with Gasteiger partial charge < -0.3 is 4.74 Å². The summed E-state index contributed by atoms with van der Waals surface area (Å²) in [5.41, 5.74) is 0.880. The van der Waals surface area contributed by atoms with Crippen molar-refractivity contribution in [3.8, 4) is 11.5 Å². The summed E-state index contributed by atoms with van der Waals surface area (Å²) in [5.74, 6) is 0.807. The molecular weight excluding hydrogens is 273 g/mol. The van der Waals surface area contributed by atoms with Crippen molar-refractivity contribution in [3.05, 3.63) is 52.5 Å². The third-order valence-electron chi connectivity index (χ3n) is 2.11. The molecule has 0 spiro atoms. The third-order valence-corrected chi connectivity index (χ3v) is 2.70. The van der Waals surface area contributed by atoms with E-state index in [1.165, 1.54) is 12.1 Å². The molecule has 0 fully saturated rings. The van der Waals surface area contributed by atoms with Gasteiger partial charge in [0, 0.05) is 24.5 Å². The quantitative estimate of drug-likeness (QED) is 0.827. The van der Waals surface area contributed by atoms with Crippen molar-refractivity contribution >= 4 is 15.9 Å². The van der Waals surface area contributed by atoms with Crippen LogP contribution in [-0.4, -0.2) is 4.98 Å². The van der Waals surface area contributed by atoms with E-state index in [9.17, 15) is 4.39 Å². The largest absolute Gasteiger partial charge is 0.456 e. The van der Waals surface area contributed by atoms with E-state index < -0.39 is 0 Å². The van der Waals surface area contributed by atoms with Crippen LogP contribution in [0, 0.1) is 12.7 Å². The minimum Gasteiger partial charge on any atom is -0.456 e. The number of halogens is 2. The Balaban J connectivity index is 2.34. The Kier molecular flexibility index (Phi) is 3.19. The molecule has 0 atom stereocenters. The number of nitrogens with zero attached hydrogens (tertiary/aromatic N) is 1. The number of hydrogen-bond acceptors (Lipinski definition) is 2. The number of benzene rings is 1. The fourth-order valence-corrected chi connectivity index (χ4v) is 1.58. The van der Waals surface area contributed by atoms with Crippen LogP contribution in [-0.2, 0) is 0 Å². The van der Waals surface area contributed by atoms with Gasteiger partial charge in [0.05, 0.1) is 4.47 Å². The monoisotopic (exact) mass is 281 g/mol. The molecule has 2 nitrogen and oxygen atoms in total. The van der Waals surface area contributed by atoms with Gasteiger partial charge in [0.25, 0.3) is 0 Å². The fourth-order valence-electron chi connectivity index (χ4n) is 1.25. The van der Waals surface area contributed by atoms with Crippen molar-refractivity contribution in [1.29, 1.82) is 0 Å². The summed E-state index contributed by atoms with van der Waals surface area (Å²) in [6.07, 6.45) is 3.25. The normalized spacial score (nSPS) is 10.2. The molecule has 0 saturated carbocycles. The minimum absolute atomic E-state index is 0.314. The van der Waals surface area contributed by atoms with Crippen molar-refractivity contribution in [1.82, 2.24) is 4.98 Å². The highest BCUT2D eigenvalue weighted by Crippen LogP contribution is 2.30. The number of pyridine rings is 1. The fraction of sp³-hybridized carbons (Fsp3) is 0.0833. The first-order valence-corrected chi connectivity index (χ1v) is 5.49. The van der Waals surface area contributed by atoms with Gasteiger partial charge in [0.15, 0.2) is 0 Å². The zero-order chi connectivity index (χ0) is 11.5. The number of aryl methyl sites for hydroxylation is 1. The van der Waals surface area contributed by atoms with E-state index in [1.54, 1.807) is 24.5 Å². The maximum atomic E-state index is 13.0. The second-order valence-electron chi connectivity index (χ2n) is 3.32. The van der Waals surface area contributed by atoms with Crippen LogP contribution in [0.25, 0.3) is 0 Å². The van der Waals surface area contributed by atoms with E-state index in [0.29, 0.717) is 11.5 Å². The van der Waals surface area contributed by atoms with Gasteiger partial charge >= 0.3 is 0 Å². The Morgan fingerprint density at radius 1 is 1.25 bits per heavy atom. The van der Waals surface area contributed by atoms with Crippen LogP contribution in [0.5, 0.6) is 11.5 Å². The lowest BCUT2D eigenvalue weighted by Crippen LogP contribution is -1.90. The number of rotatable bonds is 2. The first kappa shape index (κ1) is 11.1. The number of aromatic nitrogens is 1. The zero-order valence-corrected chi connectivity index (χ0v) is 10.2. The highest BCUT2D eigenvalue weighted by molar-refractivity contribution is 9.10. The zero-order valence-electron chi connectivity index (χ0n) is 8.58. The maximum Gasteiger partial charge on any atom is 0.144 e. The molecule has 0 N–H and O–H groups in total.